The van der Waals surface area contributed by atoms with E-state index in [9.17, 15) is 4.79 Å². The Labute approximate surface area is 188 Å². The minimum Gasteiger partial charge on any atom is -0.355 e. The molecule has 5 rings (SSSR count). The molecule has 3 aromatic heterocycles. The fourth-order valence-corrected chi connectivity index (χ4v) is 3.65. The van der Waals surface area contributed by atoms with E-state index in [-0.39, 0.29) is 5.91 Å². The molecule has 0 radical (unpaired) electrons. The summed E-state index contributed by atoms with van der Waals surface area (Å²) in [4.78, 5) is 25.2. The molecule has 1 aliphatic heterocycles. The fraction of sp³-hybridized carbons (Fsp3) is 0.227. The van der Waals surface area contributed by atoms with Crippen LogP contribution in [0.2, 0.25) is 5.02 Å². The summed E-state index contributed by atoms with van der Waals surface area (Å²) in [7, 11) is 0. The molecule has 0 aliphatic carbocycles. The van der Waals surface area contributed by atoms with Crippen molar-refractivity contribution in [3.63, 3.8) is 0 Å². The molecule has 0 atom stereocenters. The molecule has 1 fully saturated rings. The van der Waals surface area contributed by atoms with Gasteiger partial charge in [-0.05, 0) is 36.4 Å². The van der Waals surface area contributed by atoms with Gasteiger partial charge in [0.25, 0.3) is 5.91 Å². The molecule has 1 saturated heterocycles. The highest BCUT2D eigenvalue weighted by Crippen LogP contribution is 2.21. The maximum atomic E-state index is 12.8. The Balaban J connectivity index is 1.17. The van der Waals surface area contributed by atoms with Crippen molar-refractivity contribution in [2.75, 3.05) is 26.2 Å². The van der Waals surface area contributed by atoms with Gasteiger partial charge >= 0.3 is 0 Å². The van der Waals surface area contributed by atoms with Crippen LogP contribution >= 0.6 is 11.6 Å². The van der Waals surface area contributed by atoms with Gasteiger partial charge in [0.1, 0.15) is 0 Å². The average molecular weight is 451 g/mol. The number of piperazine rings is 1. The number of benzene rings is 1. The zero-order valence-electron chi connectivity index (χ0n) is 17.0. The van der Waals surface area contributed by atoms with Gasteiger partial charge in [-0.1, -0.05) is 21.9 Å². The summed E-state index contributed by atoms with van der Waals surface area (Å²) in [6, 6.07) is 12.6. The number of aromatic nitrogens is 4. The molecule has 1 aliphatic rings. The van der Waals surface area contributed by atoms with Crippen LogP contribution in [0, 0.1) is 0 Å². The molecule has 0 N–H and O–H groups in total. The Morgan fingerprint density at radius 3 is 2.44 bits per heavy atom. The number of amides is 1. The monoisotopic (exact) mass is 450 g/mol. The van der Waals surface area contributed by atoms with E-state index in [4.69, 9.17) is 20.6 Å². The summed E-state index contributed by atoms with van der Waals surface area (Å²) < 4.78 is 10.7. The first-order valence-corrected chi connectivity index (χ1v) is 10.5. The molecule has 1 aromatic carbocycles. The van der Waals surface area contributed by atoms with E-state index in [2.05, 4.69) is 25.2 Å². The van der Waals surface area contributed by atoms with Gasteiger partial charge in [-0.3, -0.25) is 14.7 Å². The van der Waals surface area contributed by atoms with Crippen molar-refractivity contribution in [2.45, 2.75) is 6.54 Å². The van der Waals surface area contributed by atoms with Crippen LogP contribution in [0.4, 0.5) is 0 Å². The smallest absolute Gasteiger partial charge is 0.276 e. The molecule has 4 heterocycles. The number of hydrogen-bond acceptors (Lipinski definition) is 8. The maximum Gasteiger partial charge on any atom is 0.276 e. The highest BCUT2D eigenvalue weighted by atomic mass is 35.5. The lowest BCUT2D eigenvalue weighted by atomic mass is 10.2. The van der Waals surface area contributed by atoms with Crippen molar-refractivity contribution >= 4 is 17.5 Å². The summed E-state index contributed by atoms with van der Waals surface area (Å²) in [5.41, 5.74) is 1.97. The van der Waals surface area contributed by atoms with Crippen LogP contribution < -0.4 is 0 Å². The molecular weight excluding hydrogens is 432 g/mol. The fourth-order valence-electron chi connectivity index (χ4n) is 3.53. The summed E-state index contributed by atoms with van der Waals surface area (Å²) in [6.07, 6.45) is 3.33. The standard InChI is InChI=1S/C22H19ClN6O3/c23-17-3-1-16(2-4-17)21-25-20(32-27-21)14-28-9-11-29(12-10-28)22(30)18-13-19(31-26-18)15-5-7-24-8-6-15/h1-8,13H,9-12,14H2. The predicted molar refractivity (Wildman–Crippen MR) is 116 cm³/mol. The van der Waals surface area contributed by atoms with E-state index in [1.54, 1.807) is 35.5 Å². The topological polar surface area (TPSA) is 101 Å². The van der Waals surface area contributed by atoms with Crippen LogP contribution in [0.25, 0.3) is 22.7 Å². The average Bonchev–Trinajstić information content (AvgIpc) is 3.51. The van der Waals surface area contributed by atoms with Crippen molar-refractivity contribution in [3.05, 3.63) is 71.5 Å². The second-order valence-corrected chi connectivity index (χ2v) is 7.84. The zero-order chi connectivity index (χ0) is 21.9. The van der Waals surface area contributed by atoms with E-state index in [1.807, 2.05) is 24.3 Å². The molecular formula is C22H19ClN6O3. The van der Waals surface area contributed by atoms with Crippen molar-refractivity contribution < 1.29 is 13.8 Å². The molecule has 1 amide bonds. The van der Waals surface area contributed by atoms with Crippen molar-refractivity contribution in [3.8, 4) is 22.7 Å². The minimum absolute atomic E-state index is 0.142. The summed E-state index contributed by atoms with van der Waals surface area (Å²) in [6.45, 7) is 3.07. The van der Waals surface area contributed by atoms with Crippen molar-refractivity contribution in [2.24, 2.45) is 0 Å². The molecule has 0 saturated carbocycles. The van der Waals surface area contributed by atoms with Gasteiger partial charge in [0.15, 0.2) is 11.5 Å². The molecule has 4 aromatic rings. The lowest BCUT2D eigenvalue weighted by Crippen LogP contribution is -2.48. The lowest BCUT2D eigenvalue weighted by molar-refractivity contribution is 0.0605. The summed E-state index contributed by atoms with van der Waals surface area (Å²) >= 11 is 5.93. The molecule has 10 heteroatoms. The number of pyridine rings is 1. The van der Waals surface area contributed by atoms with Gasteiger partial charge < -0.3 is 13.9 Å². The first-order chi connectivity index (χ1) is 15.7. The minimum atomic E-state index is -0.142. The largest absolute Gasteiger partial charge is 0.355 e. The molecule has 9 nitrogen and oxygen atoms in total. The maximum absolute atomic E-state index is 12.8. The molecule has 0 unspecified atom stereocenters. The molecule has 0 bridgehead atoms. The van der Waals surface area contributed by atoms with Crippen molar-refractivity contribution in [1.29, 1.82) is 0 Å². The predicted octanol–water partition coefficient (Wildman–Crippen LogP) is 3.40. The normalized spacial score (nSPS) is 14.6. The quantitative estimate of drug-likeness (QED) is 0.456. The van der Waals surface area contributed by atoms with Gasteiger partial charge in [0.2, 0.25) is 11.7 Å². The van der Waals surface area contributed by atoms with Gasteiger partial charge in [0.05, 0.1) is 6.54 Å². The van der Waals surface area contributed by atoms with E-state index in [0.717, 1.165) is 11.1 Å². The number of hydrogen-bond donors (Lipinski definition) is 0. The van der Waals surface area contributed by atoms with Crippen LogP contribution in [-0.4, -0.2) is 62.2 Å². The van der Waals surface area contributed by atoms with E-state index in [0.29, 0.717) is 60.9 Å². The van der Waals surface area contributed by atoms with Crippen LogP contribution in [0.5, 0.6) is 0 Å². The number of carbonyl (C=O) groups excluding carboxylic acids is 1. The van der Waals surface area contributed by atoms with E-state index >= 15 is 0 Å². The molecule has 32 heavy (non-hydrogen) atoms. The third-order valence-corrected chi connectivity index (χ3v) is 5.53. The highest BCUT2D eigenvalue weighted by molar-refractivity contribution is 6.30. The Morgan fingerprint density at radius 2 is 1.69 bits per heavy atom. The number of halogens is 1. The van der Waals surface area contributed by atoms with Gasteiger partial charge in [-0.2, -0.15) is 4.98 Å². The van der Waals surface area contributed by atoms with Gasteiger partial charge in [-0.15, -0.1) is 0 Å². The Kier molecular flexibility index (Phi) is 5.66. The van der Waals surface area contributed by atoms with Gasteiger partial charge in [-0.25, -0.2) is 0 Å². The summed E-state index contributed by atoms with van der Waals surface area (Å²) in [5.74, 6) is 1.47. The molecule has 0 spiro atoms. The second kappa shape index (κ2) is 8.89. The number of nitrogens with zero attached hydrogens (tertiary/aromatic N) is 6. The molecule has 162 valence electrons. The first-order valence-electron chi connectivity index (χ1n) is 10.1. The zero-order valence-corrected chi connectivity index (χ0v) is 17.8. The highest BCUT2D eigenvalue weighted by Gasteiger charge is 2.25. The number of carbonyl (C=O) groups is 1. The first kappa shape index (κ1) is 20.3. The third-order valence-electron chi connectivity index (χ3n) is 5.28. The Hall–Kier alpha value is -3.56. The second-order valence-electron chi connectivity index (χ2n) is 7.40. The third kappa shape index (κ3) is 4.39. The number of rotatable bonds is 5. The Morgan fingerprint density at radius 1 is 0.938 bits per heavy atom. The van der Waals surface area contributed by atoms with Crippen LogP contribution in [-0.2, 0) is 6.54 Å². The van der Waals surface area contributed by atoms with E-state index in [1.165, 1.54) is 0 Å². The van der Waals surface area contributed by atoms with Crippen LogP contribution in [0.3, 0.4) is 0 Å². The summed E-state index contributed by atoms with van der Waals surface area (Å²) in [5, 5.41) is 8.65. The van der Waals surface area contributed by atoms with Gasteiger partial charge in [0, 0.05) is 60.8 Å². The Bertz CT molecular complexity index is 1200. The lowest BCUT2D eigenvalue weighted by Gasteiger charge is -2.33. The van der Waals surface area contributed by atoms with E-state index < -0.39 is 0 Å². The SMILES string of the molecule is O=C(c1cc(-c2ccncc2)on1)N1CCN(Cc2nc(-c3ccc(Cl)cc3)no2)CC1. The van der Waals surface area contributed by atoms with Crippen molar-refractivity contribution in [1.82, 2.24) is 30.1 Å². The van der Waals surface area contributed by atoms with Crippen LogP contribution in [0.1, 0.15) is 16.4 Å². The van der Waals surface area contributed by atoms with Crippen LogP contribution in [0.15, 0.2) is 63.9 Å².